The number of aliphatic hydroxyl groups is 13. The summed E-state index contributed by atoms with van der Waals surface area (Å²) in [7, 11) is -4.87. The van der Waals surface area contributed by atoms with Crippen molar-refractivity contribution in [3.8, 4) is 0 Å². The van der Waals surface area contributed by atoms with Crippen molar-refractivity contribution in [1.29, 1.82) is 0 Å². The van der Waals surface area contributed by atoms with Crippen LogP contribution in [0.15, 0.2) is 0 Å². The molecule has 18 atom stereocenters. The van der Waals surface area contributed by atoms with Gasteiger partial charge in [-0.2, -0.15) is 0 Å². The minimum Gasteiger partial charge on any atom is -0.394 e. The second-order valence-corrected chi connectivity index (χ2v) is 12.7. The van der Waals surface area contributed by atoms with Crippen molar-refractivity contribution >= 4 is 7.82 Å². The van der Waals surface area contributed by atoms with Gasteiger partial charge in [0.2, 0.25) is 0 Å². The van der Waals surface area contributed by atoms with Gasteiger partial charge in [-0.3, -0.25) is 9.05 Å². The Morgan fingerprint density at radius 1 is 0.562 bits per heavy atom. The van der Waals surface area contributed by atoms with Crippen molar-refractivity contribution in [1.82, 2.24) is 0 Å². The Morgan fingerprint density at radius 3 is 1.65 bits per heavy atom. The van der Waals surface area contributed by atoms with E-state index in [9.17, 15) is 65.6 Å². The van der Waals surface area contributed by atoms with Gasteiger partial charge in [-0.05, 0) is 0 Å². The largest absolute Gasteiger partial charge is 0.472 e. The molecule has 0 aliphatic carbocycles. The Bertz CT molecular complexity index is 998. The molecule has 48 heavy (non-hydrogen) atoms. The van der Waals surface area contributed by atoms with Crippen LogP contribution in [0.3, 0.4) is 0 Å². The van der Waals surface area contributed by atoms with Gasteiger partial charge in [-0.15, -0.1) is 0 Å². The quantitative estimate of drug-likeness (QED) is 0.0617. The average molecular weight is 733 g/mol. The van der Waals surface area contributed by atoms with Gasteiger partial charge in [0.1, 0.15) is 85.5 Å². The fourth-order valence-electron chi connectivity index (χ4n) is 4.75. The van der Waals surface area contributed by atoms with Crippen LogP contribution in [-0.2, 0) is 42.0 Å². The third-order valence-electron chi connectivity index (χ3n) is 7.58. The van der Waals surface area contributed by atoms with Crippen LogP contribution < -0.4 is 0 Å². The van der Waals surface area contributed by atoms with E-state index >= 15 is 0 Å². The molecule has 14 N–H and O–H groups in total. The number of rotatable bonds is 17. The molecule has 3 heterocycles. The maximum atomic E-state index is 12.0. The summed E-state index contributed by atoms with van der Waals surface area (Å²) in [6.07, 6.45) is -30.0. The fraction of sp³-hybridized carbons (Fsp3) is 1.00. The number of hydrogen-bond acceptors (Lipinski definition) is 22. The average Bonchev–Trinajstić information content (AvgIpc) is 3.07. The monoisotopic (exact) mass is 732 g/mol. The molecule has 3 rings (SSSR count). The Balaban J connectivity index is 1.65. The lowest BCUT2D eigenvalue weighted by atomic mass is 9.97. The van der Waals surface area contributed by atoms with Gasteiger partial charge >= 0.3 is 7.82 Å². The molecule has 23 nitrogen and oxygen atoms in total. The van der Waals surface area contributed by atoms with E-state index < -0.39 is 158 Å². The van der Waals surface area contributed by atoms with Gasteiger partial charge < -0.3 is 99.7 Å². The molecule has 0 bridgehead atoms. The number of phosphoric ester groups is 1. The molecule has 0 radical (unpaired) electrons. The van der Waals surface area contributed by atoms with Gasteiger partial charge in [-0.1, -0.05) is 0 Å². The number of hydrogen-bond donors (Lipinski definition) is 14. The van der Waals surface area contributed by atoms with Crippen LogP contribution >= 0.6 is 7.82 Å². The van der Waals surface area contributed by atoms with E-state index in [2.05, 4.69) is 9.05 Å². The lowest BCUT2D eigenvalue weighted by Gasteiger charge is -2.46. The highest BCUT2D eigenvalue weighted by molar-refractivity contribution is 7.47. The first-order valence-corrected chi connectivity index (χ1v) is 16.1. The predicted octanol–water partition coefficient (Wildman–Crippen LogP) is -8.70. The summed E-state index contributed by atoms with van der Waals surface area (Å²) < 4.78 is 53.4. The third-order valence-corrected chi connectivity index (χ3v) is 8.53. The number of aliphatic hydroxyl groups excluding tert-OH is 13. The summed E-state index contributed by atoms with van der Waals surface area (Å²) in [5.74, 6) is 0. The van der Waals surface area contributed by atoms with Crippen molar-refractivity contribution in [2.45, 2.75) is 104 Å². The minimum atomic E-state index is -4.87. The van der Waals surface area contributed by atoms with Crippen LogP contribution in [0.2, 0.25) is 0 Å². The van der Waals surface area contributed by atoms with Crippen LogP contribution in [0.5, 0.6) is 0 Å². The third kappa shape index (κ3) is 10.7. The molecule has 3 fully saturated rings. The molecule has 24 heteroatoms. The maximum absolute atomic E-state index is 12.0. The molecular weight excluding hydrogens is 687 g/mol. The minimum absolute atomic E-state index is 0.540. The lowest BCUT2D eigenvalue weighted by molar-refractivity contribution is -0.366. The van der Waals surface area contributed by atoms with E-state index in [0.29, 0.717) is 0 Å². The Morgan fingerprint density at radius 2 is 1.06 bits per heavy atom. The molecule has 3 aliphatic rings. The molecule has 0 spiro atoms. The normalized spacial score (nSPS) is 43.4. The smallest absolute Gasteiger partial charge is 0.394 e. The van der Waals surface area contributed by atoms with Gasteiger partial charge in [0.05, 0.1) is 46.2 Å². The fourth-order valence-corrected chi connectivity index (χ4v) is 5.52. The van der Waals surface area contributed by atoms with Crippen LogP contribution in [0.1, 0.15) is 0 Å². The van der Waals surface area contributed by atoms with E-state index in [1.54, 1.807) is 0 Å². The van der Waals surface area contributed by atoms with Gasteiger partial charge in [0, 0.05) is 0 Å². The van der Waals surface area contributed by atoms with Crippen molar-refractivity contribution in [3.63, 3.8) is 0 Å². The zero-order chi connectivity index (χ0) is 35.9. The van der Waals surface area contributed by atoms with Gasteiger partial charge in [0.25, 0.3) is 0 Å². The van der Waals surface area contributed by atoms with Crippen LogP contribution in [0, 0.1) is 0 Å². The van der Waals surface area contributed by atoms with E-state index in [1.165, 1.54) is 0 Å². The standard InChI is InChI=1S/C24H45O23P/c25-1-8(28)4-40-23-20(37)21(15(32)10(3-27)44-23)47-24-19(36)17(34)13(30)11(46-24)6-41-22-18(35)16(33)14(31)12(45-22)7-43-48(38,39)42-5-9(29)2-26/h8-37H,1-7H2,(H,38,39)/t8?,9?,10-,11-,12-,13+,14-,15-,16+,17+,18-,19-,20-,21+,22-,23+,24-/m1/s1. The van der Waals surface area contributed by atoms with E-state index in [1.807, 2.05) is 0 Å². The van der Waals surface area contributed by atoms with E-state index in [0.717, 1.165) is 0 Å². The molecule has 0 aromatic carbocycles. The predicted molar refractivity (Wildman–Crippen MR) is 146 cm³/mol. The van der Waals surface area contributed by atoms with Crippen molar-refractivity contribution in [3.05, 3.63) is 0 Å². The van der Waals surface area contributed by atoms with Crippen LogP contribution in [-0.4, -0.2) is 222 Å². The lowest BCUT2D eigenvalue weighted by Crippen LogP contribution is -2.65. The Hall–Kier alpha value is -0.650. The molecule has 0 amide bonds. The molecule has 284 valence electrons. The van der Waals surface area contributed by atoms with E-state index in [4.69, 9.17) is 38.6 Å². The maximum Gasteiger partial charge on any atom is 0.472 e. The first kappa shape index (κ1) is 41.8. The summed E-state index contributed by atoms with van der Waals surface area (Å²) in [4.78, 5) is 9.75. The summed E-state index contributed by atoms with van der Waals surface area (Å²) in [6.45, 7) is -5.34. The second-order valence-electron chi connectivity index (χ2n) is 11.2. The highest BCUT2D eigenvalue weighted by Crippen LogP contribution is 2.44. The molecule has 3 unspecified atom stereocenters. The van der Waals surface area contributed by atoms with Crippen LogP contribution in [0.4, 0.5) is 0 Å². The molecular formula is C24H45O23P. The van der Waals surface area contributed by atoms with Crippen molar-refractivity contribution in [2.24, 2.45) is 0 Å². The first-order valence-electron chi connectivity index (χ1n) is 14.6. The highest BCUT2D eigenvalue weighted by atomic mass is 31.2. The Labute approximate surface area is 272 Å². The van der Waals surface area contributed by atoms with Gasteiger partial charge in [0.15, 0.2) is 18.9 Å². The molecule has 3 saturated heterocycles. The highest BCUT2D eigenvalue weighted by Gasteiger charge is 2.52. The molecule has 0 saturated carbocycles. The summed E-state index contributed by atoms with van der Waals surface area (Å²) >= 11 is 0. The zero-order valence-corrected chi connectivity index (χ0v) is 26.0. The molecule has 0 aromatic rings. The number of ether oxygens (including phenoxy) is 6. The topological polar surface area (TPSA) is 374 Å². The number of phosphoric acid groups is 1. The molecule has 0 aromatic heterocycles. The first-order chi connectivity index (χ1) is 22.5. The summed E-state index contributed by atoms with van der Waals surface area (Å²) in [5.41, 5.74) is 0. The summed E-state index contributed by atoms with van der Waals surface area (Å²) in [6, 6.07) is 0. The zero-order valence-electron chi connectivity index (χ0n) is 25.1. The molecule has 3 aliphatic heterocycles. The van der Waals surface area contributed by atoms with Gasteiger partial charge in [-0.25, -0.2) is 4.57 Å². The Kier molecular flexibility index (Phi) is 16.3. The van der Waals surface area contributed by atoms with Crippen LogP contribution in [0.25, 0.3) is 0 Å². The second kappa shape index (κ2) is 18.7. The van der Waals surface area contributed by atoms with Crippen molar-refractivity contribution in [2.75, 3.05) is 46.2 Å². The van der Waals surface area contributed by atoms with E-state index in [-0.39, 0.29) is 0 Å². The summed E-state index contributed by atoms with van der Waals surface area (Å²) in [5, 5.41) is 130. The van der Waals surface area contributed by atoms with Crippen molar-refractivity contribution < 1.29 is 113 Å². The SMILES string of the molecule is O=P(O)(OCC(O)CO)OC[C@H]1O[C@@H](OC[C@H]2O[C@H](O[C@@H]3[C@@H](O)[C@@H](OCC(O)CO)O[C@H](CO)[C@H]3O)[C@H](O)[C@@H](O)[C@H]2O)[C@H](O)[C@@H](O)[C@@H]1O.